The zero-order valence-corrected chi connectivity index (χ0v) is 10.3. The van der Waals surface area contributed by atoms with Crippen molar-refractivity contribution in [2.24, 2.45) is 5.73 Å². The molecule has 0 bridgehead atoms. The maximum absolute atomic E-state index is 13.7. The van der Waals surface area contributed by atoms with E-state index in [1.54, 1.807) is 6.07 Å². The second-order valence-electron chi connectivity index (χ2n) is 4.24. The lowest BCUT2D eigenvalue weighted by molar-refractivity contribution is 0.592. The fourth-order valence-corrected chi connectivity index (χ4v) is 1.83. The van der Waals surface area contributed by atoms with Crippen LogP contribution in [0.4, 0.5) is 10.1 Å². The van der Waals surface area contributed by atoms with Crippen LogP contribution in [0.1, 0.15) is 38.3 Å². The Morgan fingerprint density at radius 1 is 1.44 bits per heavy atom. The fourth-order valence-electron chi connectivity index (χ4n) is 1.83. The van der Waals surface area contributed by atoms with Gasteiger partial charge in [0, 0.05) is 30.9 Å². The van der Waals surface area contributed by atoms with Gasteiger partial charge in [0.1, 0.15) is 5.82 Å². The number of anilines is 1. The van der Waals surface area contributed by atoms with Crippen LogP contribution in [0.15, 0.2) is 18.2 Å². The molecule has 90 valence electrons. The van der Waals surface area contributed by atoms with Gasteiger partial charge in [0.2, 0.25) is 0 Å². The molecule has 1 aromatic rings. The molecule has 16 heavy (non-hydrogen) atoms. The number of nitrogens with zero attached hydrogens (tertiary/aromatic N) is 1. The van der Waals surface area contributed by atoms with Gasteiger partial charge in [-0.15, -0.1) is 0 Å². The van der Waals surface area contributed by atoms with E-state index in [0.29, 0.717) is 5.56 Å². The Balaban J connectivity index is 2.98. The van der Waals surface area contributed by atoms with Crippen LogP contribution < -0.4 is 10.6 Å². The van der Waals surface area contributed by atoms with Gasteiger partial charge >= 0.3 is 0 Å². The average molecular weight is 224 g/mol. The number of hydrogen-bond donors (Lipinski definition) is 1. The second-order valence-corrected chi connectivity index (χ2v) is 4.24. The molecule has 2 nitrogen and oxygen atoms in total. The van der Waals surface area contributed by atoms with E-state index in [1.165, 1.54) is 6.07 Å². The van der Waals surface area contributed by atoms with Gasteiger partial charge in [0.05, 0.1) is 0 Å². The Hall–Kier alpha value is -1.09. The summed E-state index contributed by atoms with van der Waals surface area (Å²) in [5.74, 6) is -0.212. The highest BCUT2D eigenvalue weighted by atomic mass is 19.1. The molecular weight excluding hydrogens is 203 g/mol. The van der Waals surface area contributed by atoms with Gasteiger partial charge in [0.15, 0.2) is 0 Å². The van der Waals surface area contributed by atoms with Crippen LogP contribution in [0.25, 0.3) is 0 Å². The lowest BCUT2D eigenvalue weighted by Gasteiger charge is -2.24. The van der Waals surface area contributed by atoms with Crippen molar-refractivity contribution in [1.29, 1.82) is 0 Å². The minimum Gasteiger partial charge on any atom is -0.374 e. The Morgan fingerprint density at radius 3 is 2.69 bits per heavy atom. The maximum Gasteiger partial charge on any atom is 0.130 e. The summed E-state index contributed by atoms with van der Waals surface area (Å²) in [4.78, 5) is 2.07. The molecule has 3 heteroatoms. The van der Waals surface area contributed by atoms with Crippen LogP contribution in [0.3, 0.4) is 0 Å². The highest BCUT2D eigenvalue weighted by molar-refractivity contribution is 5.54. The van der Waals surface area contributed by atoms with Crippen molar-refractivity contribution < 1.29 is 4.39 Å². The second kappa shape index (κ2) is 5.85. The molecule has 0 saturated heterocycles. The van der Waals surface area contributed by atoms with Crippen LogP contribution in [-0.2, 0) is 0 Å². The van der Waals surface area contributed by atoms with E-state index in [4.69, 9.17) is 5.73 Å². The van der Waals surface area contributed by atoms with Crippen LogP contribution in [0.2, 0.25) is 0 Å². The molecule has 1 aromatic carbocycles. The number of nitrogens with two attached hydrogens (primary N) is 1. The summed E-state index contributed by atoms with van der Waals surface area (Å²) in [6, 6.07) is 4.85. The van der Waals surface area contributed by atoms with E-state index < -0.39 is 0 Å². The van der Waals surface area contributed by atoms with Gasteiger partial charge in [-0.3, -0.25) is 0 Å². The number of hydrogen-bond acceptors (Lipinski definition) is 2. The van der Waals surface area contributed by atoms with E-state index in [-0.39, 0.29) is 11.9 Å². The highest BCUT2D eigenvalue weighted by Gasteiger charge is 2.14. The van der Waals surface area contributed by atoms with E-state index in [9.17, 15) is 4.39 Å². The first-order valence-corrected chi connectivity index (χ1v) is 5.83. The number of rotatable bonds is 5. The summed E-state index contributed by atoms with van der Waals surface area (Å²) in [5.41, 5.74) is 7.33. The zero-order chi connectivity index (χ0) is 12.1. The molecule has 0 aliphatic carbocycles. The Bertz CT molecular complexity index is 337. The molecule has 0 heterocycles. The van der Waals surface area contributed by atoms with Gasteiger partial charge in [-0.2, -0.15) is 0 Å². The molecule has 0 aliphatic heterocycles. The molecule has 1 unspecified atom stereocenters. The molecule has 0 aromatic heterocycles. The standard InChI is InChI=1S/C13H21FN2/c1-4-5-9-16(3)12-8-6-7-11(14)13(12)10(2)15/h6-8,10H,4-5,9,15H2,1-3H3. The molecule has 0 radical (unpaired) electrons. The van der Waals surface area contributed by atoms with Gasteiger partial charge in [-0.05, 0) is 25.5 Å². The summed E-state index contributed by atoms with van der Waals surface area (Å²) >= 11 is 0. The first-order valence-electron chi connectivity index (χ1n) is 5.83. The number of unbranched alkanes of at least 4 members (excludes halogenated alkanes) is 1. The Labute approximate surface area is 97.3 Å². The minimum absolute atomic E-state index is 0.212. The van der Waals surface area contributed by atoms with Crippen molar-refractivity contribution in [2.45, 2.75) is 32.7 Å². The van der Waals surface area contributed by atoms with E-state index in [0.717, 1.165) is 25.1 Å². The molecule has 1 atom stereocenters. The fraction of sp³-hybridized carbons (Fsp3) is 0.538. The summed E-state index contributed by atoms with van der Waals surface area (Å²) in [6.45, 7) is 4.89. The lowest BCUT2D eigenvalue weighted by Crippen LogP contribution is -2.22. The molecule has 0 fully saturated rings. The molecule has 0 aliphatic rings. The Morgan fingerprint density at radius 2 is 2.12 bits per heavy atom. The summed E-state index contributed by atoms with van der Waals surface area (Å²) in [7, 11) is 1.98. The van der Waals surface area contributed by atoms with Crippen LogP contribution in [-0.4, -0.2) is 13.6 Å². The quantitative estimate of drug-likeness (QED) is 0.832. The average Bonchev–Trinajstić information content (AvgIpc) is 2.24. The smallest absolute Gasteiger partial charge is 0.130 e. The highest BCUT2D eigenvalue weighted by Crippen LogP contribution is 2.27. The van der Waals surface area contributed by atoms with Gasteiger partial charge < -0.3 is 10.6 Å². The maximum atomic E-state index is 13.7. The molecular formula is C13H21FN2. The van der Waals surface area contributed by atoms with E-state index in [2.05, 4.69) is 11.8 Å². The van der Waals surface area contributed by atoms with Crippen molar-refractivity contribution in [3.63, 3.8) is 0 Å². The van der Waals surface area contributed by atoms with Crippen molar-refractivity contribution in [2.75, 3.05) is 18.5 Å². The van der Waals surface area contributed by atoms with Crippen LogP contribution in [0, 0.1) is 5.82 Å². The normalized spacial score (nSPS) is 12.6. The number of halogens is 1. The first-order chi connectivity index (χ1) is 7.57. The van der Waals surface area contributed by atoms with Gasteiger partial charge in [0.25, 0.3) is 0 Å². The van der Waals surface area contributed by atoms with E-state index in [1.807, 2.05) is 20.0 Å². The van der Waals surface area contributed by atoms with Crippen LogP contribution in [0.5, 0.6) is 0 Å². The first kappa shape index (κ1) is 13.0. The van der Waals surface area contributed by atoms with Crippen molar-refractivity contribution in [1.82, 2.24) is 0 Å². The molecule has 2 N–H and O–H groups in total. The Kier molecular flexibility index (Phi) is 4.74. The van der Waals surface area contributed by atoms with Gasteiger partial charge in [-0.25, -0.2) is 4.39 Å². The largest absolute Gasteiger partial charge is 0.374 e. The molecule has 0 saturated carbocycles. The third kappa shape index (κ3) is 2.95. The summed E-state index contributed by atoms with van der Waals surface area (Å²) < 4.78 is 13.7. The van der Waals surface area contributed by atoms with Gasteiger partial charge in [-0.1, -0.05) is 19.4 Å². The zero-order valence-electron chi connectivity index (χ0n) is 10.3. The minimum atomic E-state index is -0.278. The van der Waals surface area contributed by atoms with Crippen LogP contribution >= 0.6 is 0 Å². The third-order valence-corrected chi connectivity index (χ3v) is 2.74. The van der Waals surface area contributed by atoms with Crippen molar-refractivity contribution in [3.05, 3.63) is 29.6 Å². The monoisotopic (exact) mass is 224 g/mol. The predicted molar refractivity (Wildman–Crippen MR) is 67.2 cm³/mol. The molecule has 0 spiro atoms. The third-order valence-electron chi connectivity index (χ3n) is 2.74. The molecule has 0 amide bonds. The SMILES string of the molecule is CCCCN(C)c1cccc(F)c1C(C)N. The van der Waals surface area contributed by atoms with E-state index >= 15 is 0 Å². The lowest BCUT2D eigenvalue weighted by atomic mass is 10.0. The predicted octanol–water partition coefficient (Wildman–Crippen LogP) is 3.08. The topological polar surface area (TPSA) is 29.3 Å². The van der Waals surface area contributed by atoms with Crippen molar-refractivity contribution in [3.8, 4) is 0 Å². The summed E-state index contributed by atoms with van der Waals surface area (Å²) in [5, 5.41) is 0. The van der Waals surface area contributed by atoms with Crippen molar-refractivity contribution >= 4 is 5.69 Å². The number of benzene rings is 1. The molecule has 1 rings (SSSR count). The summed E-state index contributed by atoms with van der Waals surface area (Å²) in [6.07, 6.45) is 2.23.